The molecule has 0 saturated carbocycles. The number of aliphatic hydroxyl groups excluding tert-OH is 1. The van der Waals surface area contributed by atoms with Gasteiger partial charge >= 0.3 is 0 Å². The number of phenols is 1. The summed E-state index contributed by atoms with van der Waals surface area (Å²) >= 11 is 0. The molecule has 0 aliphatic heterocycles. The molecule has 8 nitrogen and oxygen atoms in total. The fraction of sp³-hybridized carbons (Fsp3) is 0.217. The number of furan rings is 1. The van der Waals surface area contributed by atoms with Crippen molar-refractivity contribution < 1.29 is 27.8 Å². The summed E-state index contributed by atoms with van der Waals surface area (Å²) in [5, 5.41) is 25.4. The zero-order chi connectivity index (χ0) is 22.7. The van der Waals surface area contributed by atoms with E-state index in [9.17, 15) is 18.6 Å². The predicted molar refractivity (Wildman–Crippen MR) is 124 cm³/mol. The Labute approximate surface area is 185 Å². The lowest BCUT2D eigenvalue weighted by Gasteiger charge is -2.15. The summed E-state index contributed by atoms with van der Waals surface area (Å²) < 4.78 is 36.6. The molecule has 1 unspecified atom stereocenters. The average Bonchev–Trinajstić information content (AvgIpc) is 3.11. The number of para-hydroxylation sites is 1. The monoisotopic (exact) mass is 456 g/mol. The number of aliphatic hydroxyl groups is 1. The maximum atomic E-state index is 11.4. The quantitative estimate of drug-likeness (QED) is 0.225. The fourth-order valence-electron chi connectivity index (χ4n) is 3.44. The van der Waals surface area contributed by atoms with Crippen LogP contribution in [0.5, 0.6) is 11.5 Å². The molecule has 1 atom stereocenters. The summed E-state index contributed by atoms with van der Waals surface area (Å²) in [6.45, 7) is 1.10. The van der Waals surface area contributed by atoms with Gasteiger partial charge in [0.15, 0.2) is 0 Å². The molecule has 0 radical (unpaired) electrons. The molecule has 4 rings (SSSR count). The van der Waals surface area contributed by atoms with Gasteiger partial charge in [-0.25, -0.2) is 8.42 Å². The van der Waals surface area contributed by atoms with Crippen LogP contribution in [0.3, 0.4) is 0 Å². The van der Waals surface area contributed by atoms with E-state index in [0.29, 0.717) is 24.5 Å². The summed E-state index contributed by atoms with van der Waals surface area (Å²) in [5.74, 6) is 0.475. The van der Waals surface area contributed by atoms with E-state index >= 15 is 0 Å². The molecule has 0 saturated heterocycles. The first-order valence-corrected chi connectivity index (χ1v) is 11.9. The lowest BCUT2D eigenvalue weighted by atomic mass is 10.1. The highest BCUT2D eigenvalue weighted by Crippen LogP contribution is 2.31. The highest BCUT2D eigenvalue weighted by atomic mass is 32.2. The molecular weight excluding hydrogens is 432 g/mol. The van der Waals surface area contributed by atoms with Crippen LogP contribution in [0.1, 0.15) is 11.7 Å². The molecule has 9 heteroatoms. The van der Waals surface area contributed by atoms with Gasteiger partial charge in [0, 0.05) is 29.9 Å². The summed E-state index contributed by atoms with van der Waals surface area (Å²) in [6, 6.07) is 17.9. The van der Waals surface area contributed by atoms with Gasteiger partial charge < -0.3 is 24.7 Å². The van der Waals surface area contributed by atoms with Crippen molar-refractivity contribution in [2.75, 3.05) is 30.7 Å². The highest BCUT2D eigenvalue weighted by Gasteiger charge is 2.13. The Kier molecular flexibility index (Phi) is 6.22. The van der Waals surface area contributed by atoms with Crippen LogP contribution in [0.15, 0.2) is 65.1 Å². The Bertz CT molecular complexity index is 1350. The van der Waals surface area contributed by atoms with E-state index in [2.05, 4.69) is 10.0 Å². The Morgan fingerprint density at radius 3 is 2.62 bits per heavy atom. The van der Waals surface area contributed by atoms with Gasteiger partial charge in [-0.3, -0.25) is 4.72 Å². The molecule has 4 N–H and O–H groups in total. The molecule has 1 aromatic heterocycles. The maximum Gasteiger partial charge on any atom is 0.229 e. The molecule has 0 aliphatic rings. The maximum absolute atomic E-state index is 11.4. The van der Waals surface area contributed by atoms with Gasteiger partial charge in [0.1, 0.15) is 29.3 Å². The van der Waals surface area contributed by atoms with Gasteiger partial charge in [0.25, 0.3) is 0 Å². The number of fused-ring (bicyclic) bond motifs is 3. The fourth-order valence-corrected chi connectivity index (χ4v) is 4.00. The third kappa shape index (κ3) is 5.13. The van der Waals surface area contributed by atoms with Gasteiger partial charge in [0.2, 0.25) is 10.0 Å². The third-order valence-electron chi connectivity index (χ3n) is 4.94. The summed E-state index contributed by atoms with van der Waals surface area (Å²) in [7, 11) is -3.54. The van der Waals surface area contributed by atoms with E-state index in [1.165, 1.54) is 18.2 Å². The third-order valence-corrected chi connectivity index (χ3v) is 5.53. The van der Waals surface area contributed by atoms with E-state index in [1.54, 1.807) is 0 Å². The number of anilines is 1. The normalized spacial score (nSPS) is 12.8. The standard InChI is InChI=1S/C23H24N2O6S/c1-32(28,29)25-19-12-15(6-9-20(19)26)21(27)14-24-10-11-30-16-7-8-18-17-4-2-3-5-22(17)31-23(18)13-16/h2-9,12-13,21,24-27H,10-11,14H2,1H3. The van der Waals surface area contributed by atoms with Gasteiger partial charge in [-0.1, -0.05) is 24.3 Å². The van der Waals surface area contributed by atoms with E-state index in [0.717, 1.165) is 28.2 Å². The van der Waals surface area contributed by atoms with Gasteiger partial charge in [-0.15, -0.1) is 0 Å². The minimum Gasteiger partial charge on any atom is -0.506 e. The van der Waals surface area contributed by atoms with Crippen LogP contribution in [-0.4, -0.2) is 44.6 Å². The van der Waals surface area contributed by atoms with Crippen LogP contribution in [0.4, 0.5) is 5.69 Å². The number of nitrogens with one attached hydrogen (secondary N) is 2. The molecule has 32 heavy (non-hydrogen) atoms. The van der Waals surface area contributed by atoms with Gasteiger partial charge in [-0.05, 0) is 35.9 Å². The minimum atomic E-state index is -3.54. The van der Waals surface area contributed by atoms with Crippen molar-refractivity contribution in [2.24, 2.45) is 0 Å². The first-order chi connectivity index (χ1) is 15.3. The molecule has 0 fully saturated rings. The molecule has 0 aliphatic carbocycles. The number of aromatic hydroxyl groups is 1. The number of sulfonamides is 1. The molecular formula is C23H24N2O6S. The molecule has 1 heterocycles. The molecule has 4 aromatic rings. The molecule has 0 bridgehead atoms. The summed E-state index contributed by atoms with van der Waals surface area (Å²) in [4.78, 5) is 0. The van der Waals surface area contributed by atoms with E-state index < -0.39 is 16.1 Å². The number of phenolic OH excluding ortho intramolecular Hbond substituents is 1. The van der Waals surface area contributed by atoms with Crippen LogP contribution in [-0.2, 0) is 10.0 Å². The number of ether oxygens (including phenoxy) is 1. The number of rotatable bonds is 9. The van der Waals surface area contributed by atoms with Crippen LogP contribution in [0, 0.1) is 0 Å². The zero-order valence-corrected chi connectivity index (χ0v) is 18.2. The van der Waals surface area contributed by atoms with Crippen molar-refractivity contribution in [3.63, 3.8) is 0 Å². The van der Waals surface area contributed by atoms with Crippen molar-refractivity contribution >= 4 is 37.6 Å². The number of hydrogen-bond donors (Lipinski definition) is 4. The van der Waals surface area contributed by atoms with Crippen molar-refractivity contribution in [1.29, 1.82) is 0 Å². The molecule has 3 aromatic carbocycles. The zero-order valence-electron chi connectivity index (χ0n) is 17.4. The SMILES string of the molecule is CS(=O)(=O)Nc1cc(C(O)CNCCOc2ccc3c(c2)oc2ccccc23)ccc1O. The van der Waals surface area contributed by atoms with Crippen molar-refractivity contribution in [2.45, 2.75) is 6.10 Å². The smallest absolute Gasteiger partial charge is 0.229 e. The Morgan fingerprint density at radius 2 is 1.81 bits per heavy atom. The van der Waals surface area contributed by atoms with Crippen molar-refractivity contribution in [3.05, 3.63) is 66.2 Å². The number of hydrogen-bond acceptors (Lipinski definition) is 7. The van der Waals surface area contributed by atoms with Gasteiger partial charge in [-0.2, -0.15) is 0 Å². The predicted octanol–water partition coefficient (Wildman–Crippen LogP) is 3.37. The van der Waals surface area contributed by atoms with E-state index in [-0.39, 0.29) is 18.0 Å². The minimum absolute atomic E-state index is 0.0216. The molecule has 168 valence electrons. The largest absolute Gasteiger partial charge is 0.506 e. The van der Waals surface area contributed by atoms with Gasteiger partial charge in [0.05, 0.1) is 18.0 Å². The lowest BCUT2D eigenvalue weighted by Crippen LogP contribution is -2.26. The summed E-state index contributed by atoms with van der Waals surface area (Å²) in [5.41, 5.74) is 2.09. The van der Waals surface area contributed by atoms with Crippen LogP contribution >= 0.6 is 0 Å². The van der Waals surface area contributed by atoms with Crippen LogP contribution < -0.4 is 14.8 Å². The Balaban J connectivity index is 1.29. The summed E-state index contributed by atoms with van der Waals surface area (Å²) in [6.07, 6.45) is 0.103. The first kappa shape index (κ1) is 21.9. The average molecular weight is 457 g/mol. The second kappa shape index (κ2) is 9.07. The van der Waals surface area contributed by atoms with E-state index in [1.807, 2.05) is 42.5 Å². The highest BCUT2D eigenvalue weighted by molar-refractivity contribution is 7.92. The van der Waals surface area contributed by atoms with Crippen molar-refractivity contribution in [3.8, 4) is 11.5 Å². The second-order valence-corrected chi connectivity index (χ2v) is 9.22. The first-order valence-electron chi connectivity index (χ1n) is 10.0. The second-order valence-electron chi connectivity index (χ2n) is 7.48. The van der Waals surface area contributed by atoms with Crippen LogP contribution in [0.2, 0.25) is 0 Å². The Morgan fingerprint density at radius 1 is 1.03 bits per heavy atom. The topological polar surface area (TPSA) is 121 Å². The van der Waals surface area contributed by atoms with E-state index in [4.69, 9.17) is 9.15 Å². The van der Waals surface area contributed by atoms with Crippen LogP contribution in [0.25, 0.3) is 21.9 Å². The van der Waals surface area contributed by atoms with Crippen molar-refractivity contribution in [1.82, 2.24) is 5.32 Å². The molecule has 0 spiro atoms. The molecule has 0 amide bonds. The number of benzene rings is 3. The Hall–Kier alpha value is -3.27. The lowest BCUT2D eigenvalue weighted by molar-refractivity contribution is 0.172.